The van der Waals surface area contributed by atoms with Crippen LogP contribution in [0.25, 0.3) is 0 Å². The van der Waals surface area contributed by atoms with Crippen molar-refractivity contribution in [2.45, 2.75) is 38.6 Å². The SMILES string of the molecule is Cc1ccc(C(=O)N2CCC(CN3CCN(c4ccc(Nc5nc(N6CCCC(N7CCN(C)C7=O)C6)nnc5C(N)=O)cc4F)CC3)C2)cc1N1CCC(=O)NC1=O. The van der Waals surface area contributed by atoms with Crippen molar-refractivity contribution in [1.29, 1.82) is 0 Å². The minimum atomic E-state index is -0.821. The van der Waals surface area contributed by atoms with E-state index in [4.69, 9.17) is 5.73 Å². The van der Waals surface area contributed by atoms with E-state index in [-0.39, 0.29) is 48.4 Å². The Labute approximate surface area is 341 Å². The monoisotopic (exact) mass is 811 g/mol. The van der Waals surface area contributed by atoms with Crippen LogP contribution < -0.4 is 31.1 Å². The number of likely N-dealkylation sites (tertiary alicyclic amines) is 1. The van der Waals surface area contributed by atoms with Crippen molar-refractivity contribution in [1.82, 2.24) is 40.1 Å². The first-order valence-electron chi connectivity index (χ1n) is 20.3. The number of carbonyl (C=O) groups excluding carboxylic acids is 5. The fourth-order valence-electron chi connectivity index (χ4n) is 8.79. The first-order chi connectivity index (χ1) is 28.4. The molecule has 2 unspecified atom stereocenters. The summed E-state index contributed by atoms with van der Waals surface area (Å²) in [6, 6.07) is 9.69. The van der Waals surface area contributed by atoms with Crippen molar-refractivity contribution in [3.05, 3.63) is 59.0 Å². The van der Waals surface area contributed by atoms with Gasteiger partial charge in [-0.1, -0.05) is 6.07 Å². The Balaban J connectivity index is 0.848. The first kappa shape index (κ1) is 39.7. The maximum atomic E-state index is 15.7. The summed E-state index contributed by atoms with van der Waals surface area (Å²) in [6.45, 7) is 9.49. The summed E-state index contributed by atoms with van der Waals surface area (Å²) in [6.07, 6.45) is 2.77. The molecule has 5 aliphatic rings. The van der Waals surface area contributed by atoms with Gasteiger partial charge in [0.1, 0.15) is 5.82 Å². The molecule has 2 atom stereocenters. The summed E-state index contributed by atoms with van der Waals surface area (Å²) in [5.74, 6) is -0.973. The highest BCUT2D eigenvalue weighted by Gasteiger charge is 2.36. The molecule has 3 aromatic rings. The summed E-state index contributed by atoms with van der Waals surface area (Å²) in [5, 5.41) is 13.7. The number of hydrogen-bond acceptors (Lipinski definition) is 12. The lowest BCUT2D eigenvalue weighted by atomic mass is 10.0. The minimum Gasteiger partial charge on any atom is -0.367 e. The van der Waals surface area contributed by atoms with Crippen LogP contribution in [-0.4, -0.2) is 156 Å². The number of primary amides is 1. The van der Waals surface area contributed by atoms with Gasteiger partial charge in [-0.05, 0) is 68.0 Å². The molecule has 5 aliphatic heterocycles. The third-order valence-corrected chi connectivity index (χ3v) is 12.1. The minimum absolute atomic E-state index is 0.00207. The van der Waals surface area contributed by atoms with Crippen molar-refractivity contribution in [3.63, 3.8) is 0 Å². The number of nitrogens with one attached hydrogen (secondary N) is 2. The average molecular weight is 812 g/mol. The molecule has 0 saturated carbocycles. The van der Waals surface area contributed by atoms with Crippen molar-refractivity contribution in [2.24, 2.45) is 11.7 Å². The highest BCUT2D eigenvalue weighted by Crippen LogP contribution is 2.30. The summed E-state index contributed by atoms with van der Waals surface area (Å²) >= 11 is 0. The molecule has 0 aliphatic carbocycles. The molecule has 6 heterocycles. The van der Waals surface area contributed by atoms with Crippen LogP contribution >= 0.6 is 0 Å². The van der Waals surface area contributed by atoms with E-state index in [0.29, 0.717) is 86.8 Å². The second-order valence-electron chi connectivity index (χ2n) is 16.1. The number of anilines is 5. The number of piperidine rings is 1. The number of rotatable bonds is 10. The van der Waals surface area contributed by atoms with E-state index in [1.807, 2.05) is 32.6 Å². The van der Waals surface area contributed by atoms with Gasteiger partial charge in [-0.3, -0.25) is 29.5 Å². The molecule has 4 N–H and O–H groups in total. The zero-order chi connectivity index (χ0) is 41.4. The number of likely N-dealkylation sites (N-methyl/N-ethyl adjacent to an activating group) is 1. The third-order valence-electron chi connectivity index (χ3n) is 12.1. The van der Waals surface area contributed by atoms with Crippen molar-refractivity contribution < 1.29 is 28.4 Å². The van der Waals surface area contributed by atoms with Gasteiger partial charge in [-0.25, -0.2) is 14.0 Å². The van der Waals surface area contributed by atoms with Gasteiger partial charge in [0, 0.05) is 109 Å². The Bertz CT molecular complexity index is 2150. The second kappa shape index (κ2) is 16.6. The molecule has 5 fully saturated rings. The van der Waals surface area contributed by atoms with E-state index in [1.165, 1.54) is 11.0 Å². The number of aromatic nitrogens is 3. The molecule has 8 rings (SSSR count). The van der Waals surface area contributed by atoms with E-state index >= 15 is 4.39 Å². The lowest BCUT2D eigenvalue weighted by Gasteiger charge is -2.37. The van der Waals surface area contributed by atoms with Crippen LogP contribution in [0.3, 0.4) is 0 Å². The number of halogens is 1. The second-order valence-corrected chi connectivity index (χ2v) is 16.1. The van der Waals surface area contributed by atoms with Gasteiger partial charge in [0.15, 0.2) is 11.5 Å². The molecule has 7 amide bonds. The Morgan fingerprint density at radius 3 is 2.44 bits per heavy atom. The summed E-state index contributed by atoms with van der Waals surface area (Å²) in [5.41, 5.74) is 8.28. The highest BCUT2D eigenvalue weighted by molar-refractivity contribution is 6.06. The normalized spacial score (nSPS) is 21.7. The van der Waals surface area contributed by atoms with E-state index in [9.17, 15) is 24.0 Å². The Morgan fingerprint density at radius 1 is 0.898 bits per heavy atom. The van der Waals surface area contributed by atoms with Gasteiger partial charge < -0.3 is 35.6 Å². The average Bonchev–Trinajstić information content (AvgIpc) is 3.83. The standard InChI is InChI=1S/C40H50FN13O5/c1-25-5-6-27(20-32(25)54-13-10-33(55)44-39(54)58)37(57)51-12-9-26(23-51)22-49-15-17-50(18-16-49)31-8-7-28(21-30(31)41)43-36-34(35(42)56)46-47-38(45-36)52-11-3-4-29(24-52)53-19-14-48(2)40(53)59/h5-8,20-21,26,29H,3-4,9-19,22-24H2,1-2H3,(H2,42,56)(H,43,45,47)(H,44,55,58). The third kappa shape index (κ3) is 8.41. The van der Waals surface area contributed by atoms with Crippen LogP contribution in [0.5, 0.6) is 0 Å². The van der Waals surface area contributed by atoms with Gasteiger partial charge in [-0.2, -0.15) is 4.98 Å². The summed E-state index contributed by atoms with van der Waals surface area (Å²) in [4.78, 5) is 80.6. The van der Waals surface area contributed by atoms with Crippen molar-refractivity contribution >= 4 is 58.6 Å². The molecule has 5 saturated heterocycles. The number of amides is 7. The zero-order valence-corrected chi connectivity index (χ0v) is 33.4. The van der Waals surface area contributed by atoms with Crippen molar-refractivity contribution in [2.75, 3.05) is 106 Å². The van der Waals surface area contributed by atoms with Crippen LogP contribution in [-0.2, 0) is 4.79 Å². The fourth-order valence-corrected chi connectivity index (χ4v) is 8.79. The number of aryl methyl sites for hydroxylation is 1. The molecular weight excluding hydrogens is 762 g/mol. The predicted molar refractivity (Wildman–Crippen MR) is 217 cm³/mol. The molecule has 0 spiro atoms. The first-order valence-corrected chi connectivity index (χ1v) is 20.3. The lowest BCUT2D eigenvalue weighted by Crippen LogP contribution is -2.49. The van der Waals surface area contributed by atoms with E-state index in [1.54, 1.807) is 36.2 Å². The Kier molecular flexibility index (Phi) is 11.2. The molecule has 2 aromatic carbocycles. The van der Waals surface area contributed by atoms with Crippen molar-refractivity contribution in [3.8, 4) is 0 Å². The van der Waals surface area contributed by atoms with Crippen LogP contribution in [0.4, 0.5) is 42.8 Å². The number of imide groups is 1. The van der Waals surface area contributed by atoms with Gasteiger partial charge in [-0.15, -0.1) is 10.2 Å². The predicted octanol–water partition coefficient (Wildman–Crippen LogP) is 2.23. The summed E-state index contributed by atoms with van der Waals surface area (Å²) < 4.78 is 15.7. The number of carbonyl (C=O) groups is 5. The zero-order valence-electron chi connectivity index (χ0n) is 33.4. The van der Waals surface area contributed by atoms with Crippen LogP contribution in [0, 0.1) is 18.7 Å². The summed E-state index contributed by atoms with van der Waals surface area (Å²) in [7, 11) is 1.79. The molecule has 0 radical (unpaired) electrons. The topological polar surface area (TPSA) is 197 Å². The largest absolute Gasteiger partial charge is 0.367 e. The van der Waals surface area contributed by atoms with Gasteiger partial charge in [0.2, 0.25) is 11.9 Å². The van der Waals surface area contributed by atoms with Crippen LogP contribution in [0.1, 0.15) is 52.1 Å². The number of nitrogens with two attached hydrogens (primary N) is 1. The maximum absolute atomic E-state index is 15.7. The van der Waals surface area contributed by atoms with Gasteiger partial charge in [0.05, 0.1) is 11.7 Å². The molecule has 18 nitrogen and oxygen atoms in total. The molecule has 0 bridgehead atoms. The highest BCUT2D eigenvalue weighted by atomic mass is 19.1. The molecule has 1 aromatic heterocycles. The van der Waals surface area contributed by atoms with E-state index in [0.717, 1.165) is 44.5 Å². The molecular formula is C40H50FN13O5. The van der Waals surface area contributed by atoms with Gasteiger partial charge >= 0.3 is 12.1 Å². The number of benzene rings is 2. The Hall–Kier alpha value is -6.11. The number of nitrogens with zero attached hydrogens (tertiary/aromatic N) is 10. The molecule has 19 heteroatoms. The fraction of sp³-hybridized carbons (Fsp3) is 0.500. The number of urea groups is 2. The lowest BCUT2D eigenvalue weighted by molar-refractivity contribution is -0.120. The molecule has 312 valence electrons. The van der Waals surface area contributed by atoms with Crippen LogP contribution in [0.2, 0.25) is 0 Å². The van der Waals surface area contributed by atoms with Gasteiger partial charge in [0.25, 0.3) is 11.8 Å². The van der Waals surface area contributed by atoms with Crippen LogP contribution in [0.15, 0.2) is 36.4 Å². The molecule has 59 heavy (non-hydrogen) atoms. The maximum Gasteiger partial charge on any atom is 0.328 e. The number of hydrogen-bond donors (Lipinski definition) is 3. The van der Waals surface area contributed by atoms with E-state index in [2.05, 4.69) is 30.7 Å². The smallest absolute Gasteiger partial charge is 0.328 e. The quantitative estimate of drug-likeness (QED) is 0.271. The van der Waals surface area contributed by atoms with E-state index < -0.39 is 17.8 Å². The number of piperazine rings is 1. The Morgan fingerprint density at radius 2 is 1.71 bits per heavy atom.